The highest BCUT2D eigenvalue weighted by molar-refractivity contribution is 7.89. The molecule has 0 bridgehead atoms. The van der Waals surface area contributed by atoms with Gasteiger partial charge in [0.2, 0.25) is 10.0 Å². The molecule has 7 heteroatoms. The van der Waals surface area contributed by atoms with Gasteiger partial charge in [-0.25, -0.2) is 8.42 Å². The van der Waals surface area contributed by atoms with Gasteiger partial charge in [-0.3, -0.25) is 4.79 Å². The molecule has 0 aliphatic carbocycles. The Kier molecular flexibility index (Phi) is 6.29. The van der Waals surface area contributed by atoms with Gasteiger partial charge >= 0.3 is 5.97 Å². The number of esters is 1. The van der Waals surface area contributed by atoms with Gasteiger partial charge in [-0.15, -0.1) is 0 Å². The Morgan fingerprint density at radius 2 is 1.55 bits per heavy atom. The summed E-state index contributed by atoms with van der Waals surface area (Å²) < 4.78 is 37.9. The van der Waals surface area contributed by atoms with Crippen molar-refractivity contribution in [1.29, 1.82) is 0 Å². The van der Waals surface area contributed by atoms with E-state index in [-0.39, 0.29) is 16.8 Å². The number of piperidine rings is 1. The largest absolute Gasteiger partial charge is 0.497 e. The molecular formula is C22H27NO5S. The predicted molar refractivity (Wildman–Crippen MR) is 111 cm³/mol. The lowest BCUT2D eigenvalue weighted by atomic mass is 9.98. The van der Waals surface area contributed by atoms with Crippen LogP contribution in [0.4, 0.5) is 0 Å². The molecule has 0 aromatic heterocycles. The third-order valence-corrected chi connectivity index (χ3v) is 7.47. The predicted octanol–water partition coefficient (Wildman–Crippen LogP) is 3.63. The minimum absolute atomic E-state index is 0.227. The Balaban J connectivity index is 1.65. The number of carbonyl (C=O) groups excluding carboxylic acids is 1. The Labute approximate surface area is 172 Å². The summed E-state index contributed by atoms with van der Waals surface area (Å²) in [4.78, 5) is 12.9. The third kappa shape index (κ3) is 4.46. The topological polar surface area (TPSA) is 72.9 Å². The summed E-state index contributed by atoms with van der Waals surface area (Å²) in [5, 5.41) is 0. The average molecular weight is 418 g/mol. The van der Waals surface area contributed by atoms with Gasteiger partial charge < -0.3 is 9.47 Å². The number of hydrogen-bond acceptors (Lipinski definition) is 5. The second kappa shape index (κ2) is 8.55. The molecule has 0 radical (unpaired) electrons. The van der Waals surface area contributed by atoms with Gasteiger partial charge in [0, 0.05) is 13.1 Å². The van der Waals surface area contributed by atoms with Gasteiger partial charge in [0.05, 0.1) is 17.9 Å². The molecule has 1 aliphatic rings. The average Bonchev–Trinajstić information content (AvgIpc) is 2.74. The molecular weight excluding hydrogens is 390 g/mol. The lowest BCUT2D eigenvalue weighted by molar-refractivity contribution is -0.140. The maximum absolute atomic E-state index is 12.9. The molecule has 1 aliphatic heterocycles. The van der Waals surface area contributed by atoms with Crippen LogP contribution in [0.1, 0.15) is 29.5 Å². The van der Waals surface area contributed by atoms with Gasteiger partial charge in [-0.05, 0) is 74.6 Å². The van der Waals surface area contributed by atoms with Crippen LogP contribution in [-0.4, -0.2) is 38.9 Å². The maximum atomic E-state index is 12.9. The lowest BCUT2D eigenvalue weighted by Gasteiger charge is -2.30. The molecule has 2 aromatic carbocycles. The van der Waals surface area contributed by atoms with Crippen molar-refractivity contribution >= 4 is 16.0 Å². The summed E-state index contributed by atoms with van der Waals surface area (Å²) in [6.45, 7) is 6.42. The molecule has 156 valence electrons. The molecule has 0 N–H and O–H groups in total. The van der Waals surface area contributed by atoms with Crippen LogP contribution in [0.25, 0.3) is 0 Å². The van der Waals surface area contributed by atoms with Crippen molar-refractivity contribution in [1.82, 2.24) is 4.31 Å². The number of nitrogens with zero attached hydrogens (tertiary/aromatic N) is 1. The first kappa shape index (κ1) is 21.3. The van der Waals surface area contributed by atoms with E-state index in [4.69, 9.17) is 9.47 Å². The zero-order valence-electron chi connectivity index (χ0n) is 17.3. The van der Waals surface area contributed by atoms with Gasteiger partial charge in [0.25, 0.3) is 0 Å². The molecule has 0 spiro atoms. The monoisotopic (exact) mass is 417 g/mol. The van der Waals surface area contributed by atoms with Crippen molar-refractivity contribution in [2.45, 2.75) is 38.5 Å². The van der Waals surface area contributed by atoms with Crippen molar-refractivity contribution in [2.24, 2.45) is 5.92 Å². The van der Waals surface area contributed by atoms with E-state index >= 15 is 0 Å². The van der Waals surface area contributed by atoms with Crippen LogP contribution >= 0.6 is 0 Å². The first-order valence-corrected chi connectivity index (χ1v) is 11.1. The smallest absolute Gasteiger partial charge is 0.314 e. The van der Waals surface area contributed by atoms with Crippen molar-refractivity contribution in [2.75, 3.05) is 20.2 Å². The van der Waals surface area contributed by atoms with Crippen LogP contribution in [-0.2, 0) is 14.8 Å². The van der Waals surface area contributed by atoms with Crippen molar-refractivity contribution in [3.8, 4) is 11.5 Å². The molecule has 0 atom stereocenters. The summed E-state index contributed by atoms with van der Waals surface area (Å²) in [6.07, 6.45) is 0.885. The van der Waals surface area contributed by atoms with Crippen LogP contribution in [0.3, 0.4) is 0 Å². The summed E-state index contributed by atoms with van der Waals surface area (Å²) >= 11 is 0. The number of ether oxygens (including phenoxy) is 2. The number of rotatable bonds is 5. The molecule has 3 rings (SSSR count). The molecule has 29 heavy (non-hydrogen) atoms. The minimum atomic E-state index is -3.59. The zero-order valence-corrected chi connectivity index (χ0v) is 18.1. The van der Waals surface area contributed by atoms with Crippen LogP contribution in [0.15, 0.2) is 41.3 Å². The highest BCUT2D eigenvalue weighted by Gasteiger charge is 2.33. The summed E-state index contributed by atoms with van der Waals surface area (Å²) in [5.41, 5.74) is 2.94. The normalized spacial score (nSPS) is 15.9. The second-order valence-corrected chi connectivity index (χ2v) is 9.37. The second-order valence-electron chi connectivity index (χ2n) is 7.43. The van der Waals surface area contributed by atoms with E-state index in [1.807, 2.05) is 32.9 Å². The van der Waals surface area contributed by atoms with Crippen LogP contribution in [0.2, 0.25) is 0 Å². The van der Waals surface area contributed by atoms with Gasteiger partial charge in [-0.2, -0.15) is 4.31 Å². The molecule has 0 amide bonds. The van der Waals surface area contributed by atoms with E-state index in [9.17, 15) is 13.2 Å². The Morgan fingerprint density at radius 1 is 0.966 bits per heavy atom. The summed E-state index contributed by atoms with van der Waals surface area (Å²) in [6, 6.07) is 10.3. The SMILES string of the molecule is COc1ccc(S(=O)(=O)N2CCC(C(=O)Oc3c(C)ccc(C)c3C)CC2)cc1. The molecule has 0 unspecified atom stereocenters. The summed E-state index contributed by atoms with van der Waals surface area (Å²) in [5.74, 6) is 0.621. The van der Waals surface area contributed by atoms with Crippen molar-refractivity contribution in [3.63, 3.8) is 0 Å². The number of benzene rings is 2. The van der Waals surface area contributed by atoms with Crippen LogP contribution < -0.4 is 9.47 Å². The number of methoxy groups -OCH3 is 1. The van der Waals surface area contributed by atoms with E-state index in [1.54, 1.807) is 12.1 Å². The first-order valence-electron chi connectivity index (χ1n) is 9.66. The highest BCUT2D eigenvalue weighted by Crippen LogP contribution is 2.29. The van der Waals surface area contributed by atoms with Crippen LogP contribution in [0.5, 0.6) is 11.5 Å². The van der Waals surface area contributed by atoms with E-state index in [1.165, 1.54) is 23.5 Å². The van der Waals surface area contributed by atoms with Gasteiger partial charge in [-0.1, -0.05) is 12.1 Å². The van der Waals surface area contributed by atoms with E-state index in [0.717, 1.165) is 16.7 Å². The Bertz CT molecular complexity index is 991. The van der Waals surface area contributed by atoms with E-state index < -0.39 is 10.0 Å². The van der Waals surface area contributed by atoms with Crippen molar-refractivity contribution < 1.29 is 22.7 Å². The van der Waals surface area contributed by atoms with E-state index in [0.29, 0.717) is 37.4 Å². The number of sulfonamides is 1. The number of hydrogen-bond donors (Lipinski definition) is 0. The third-order valence-electron chi connectivity index (χ3n) is 5.56. The van der Waals surface area contributed by atoms with Crippen molar-refractivity contribution in [3.05, 3.63) is 53.1 Å². The zero-order chi connectivity index (χ0) is 21.2. The molecule has 1 saturated heterocycles. The van der Waals surface area contributed by atoms with Crippen LogP contribution in [0, 0.1) is 26.7 Å². The Morgan fingerprint density at radius 3 is 2.14 bits per heavy atom. The summed E-state index contributed by atoms with van der Waals surface area (Å²) in [7, 11) is -2.05. The molecule has 1 heterocycles. The molecule has 0 saturated carbocycles. The molecule has 1 fully saturated rings. The lowest BCUT2D eigenvalue weighted by Crippen LogP contribution is -2.41. The minimum Gasteiger partial charge on any atom is -0.497 e. The fraction of sp³-hybridized carbons (Fsp3) is 0.409. The molecule has 6 nitrogen and oxygen atoms in total. The fourth-order valence-electron chi connectivity index (χ4n) is 3.50. The highest BCUT2D eigenvalue weighted by atomic mass is 32.2. The Hall–Kier alpha value is -2.38. The first-order chi connectivity index (χ1) is 13.7. The fourth-order valence-corrected chi connectivity index (χ4v) is 4.96. The van der Waals surface area contributed by atoms with Gasteiger partial charge in [0.15, 0.2) is 0 Å². The quantitative estimate of drug-likeness (QED) is 0.549. The number of aryl methyl sites for hydroxylation is 2. The van der Waals surface area contributed by atoms with E-state index in [2.05, 4.69) is 0 Å². The van der Waals surface area contributed by atoms with Gasteiger partial charge in [0.1, 0.15) is 11.5 Å². The standard InChI is InChI=1S/C22H27NO5S/c1-15-5-6-16(2)21(17(15)3)28-22(24)18-11-13-23(14-12-18)29(25,26)20-9-7-19(27-4)8-10-20/h5-10,18H,11-14H2,1-4H3. The maximum Gasteiger partial charge on any atom is 0.314 e. The molecule has 2 aromatic rings. The number of carbonyl (C=O) groups is 1.